The van der Waals surface area contributed by atoms with Crippen LogP contribution in [0.25, 0.3) is 16.5 Å². The van der Waals surface area contributed by atoms with E-state index < -0.39 is 5.97 Å². The van der Waals surface area contributed by atoms with Gasteiger partial charge in [0.15, 0.2) is 0 Å². The van der Waals surface area contributed by atoms with Gasteiger partial charge in [0.05, 0.1) is 17.7 Å². The fourth-order valence-corrected chi connectivity index (χ4v) is 1.50. The molecule has 0 saturated carbocycles. The maximum absolute atomic E-state index is 11.4. The van der Waals surface area contributed by atoms with Gasteiger partial charge in [-0.3, -0.25) is 0 Å². The lowest BCUT2D eigenvalue weighted by Crippen LogP contribution is -2.02. The fourth-order valence-electron chi connectivity index (χ4n) is 1.31. The normalized spacial score (nSPS) is 10.1. The number of hydrogen-bond acceptors (Lipinski definition) is 3. The second-order valence-corrected chi connectivity index (χ2v) is 3.78. The average Bonchev–Trinajstić information content (AvgIpc) is 2.39. The molecule has 94 valence electrons. The molecule has 0 N–H and O–H groups in total. The van der Waals surface area contributed by atoms with Crippen molar-refractivity contribution in [2.24, 2.45) is 5.11 Å². The van der Waals surface area contributed by atoms with Crippen molar-refractivity contribution in [3.8, 4) is 0 Å². The summed E-state index contributed by atoms with van der Waals surface area (Å²) >= 11 is 5.89. The molecule has 0 aromatic heterocycles. The van der Waals surface area contributed by atoms with Gasteiger partial charge in [-0.15, -0.1) is 0 Å². The highest BCUT2D eigenvalue weighted by molar-refractivity contribution is 6.33. The van der Waals surface area contributed by atoms with Crippen LogP contribution in [0, 0.1) is 0 Å². The zero-order valence-electron chi connectivity index (χ0n) is 9.84. The first-order valence-electron chi connectivity index (χ1n) is 5.24. The standard InChI is InChI=1S/C12H12ClN3O2/c1-18-12(17)10-8-9(5-6-11(10)13)4-2-3-7-15-16-14/h2,4-6,8H,3,7H2,1H3. The van der Waals surface area contributed by atoms with Gasteiger partial charge in [-0.1, -0.05) is 34.9 Å². The third-order valence-electron chi connectivity index (χ3n) is 2.17. The molecule has 1 rings (SSSR count). The van der Waals surface area contributed by atoms with Crippen molar-refractivity contribution < 1.29 is 9.53 Å². The van der Waals surface area contributed by atoms with E-state index in [-0.39, 0.29) is 0 Å². The number of ether oxygens (including phenoxy) is 1. The van der Waals surface area contributed by atoms with Gasteiger partial charge >= 0.3 is 5.97 Å². The molecule has 0 atom stereocenters. The first-order valence-corrected chi connectivity index (χ1v) is 5.62. The molecule has 6 heteroatoms. The molecule has 0 amide bonds. The van der Waals surface area contributed by atoms with E-state index in [0.29, 0.717) is 23.6 Å². The Morgan fingerprint density at radius 1 is 1.61 bits per heavy atom. The van der Waals surface area contributed by atoms with Gasteiger partial charge in [0.25, 0.3) is 0 Å². The Morgan fingerprint density at radius 2 is 2.39 bits per heavy atom. The van der Waals surface area contributed by atoms with Crippen molar-refractivity contribution in [2.75, 3.05) is 13.7 Å². The Balaban J connectivity index is 2.78. The molecule has 18 heavy (non-hydrogen) atoms. The van der Waals surface area contributed by atoms with Gasteiger partial charge in [-0.2, -0.15) is 0 Å². The number of methoxy groups -OCH3 is 1. The second-order valence-electron chi connectivity index (χ2n) is 3.38. The molecular formula is C12H12ClN3O2. The van der Waals surface area contributed by atoms with Crippen LogP contribution in [0.2, 0.25) is 5.02 Å². The van der Waals surface area contributed by atoms with Crippen LogP contribution in [0.15, 0.2) is 29.4 Å². The van der Waals surface area contributed by atoms with Crippen LogP contribution in [0.3, 0.4) is 0 Å². The lowest BCUT2D eigenvalue weighted by Gasteiger charge is -2.03. The number of esters is 1. The number of azide groups is 1. The predicted molar refractivity (Wildman–Crippen MR) is 70.5 cm³/mol. The summed E-state index contributed by atoms with van der Waals surface area (Å²) in [4.78, 5) is 14.1. The maximum Gasteiger partial charge on any atom is 0.339 e. The number of rotatable bonds is 5. The highest BCUT2D eigenvalue weighted by Crippen LogP contribution is 2.19. The number of benzene rings is 1. The molecule has 1 aromatic rings. The van der Waals surface area contributed by atoms with E-state index in [0.717, 1.165) is 5.56 Å². The summed E-state index contributed by atoms with van der Waals surface area (Å²) in [6.45, 7) is 0.407. The molecule has 0 radical (unpaired) electrons. The predicted octanol–water partition coefficient (Wildman–Crippen LogP) is 3.84. The minimum atomic E-state index is -0.468. The Labute approximate surface area is 110 Å². The fraction of sp³-hybridized carbons (Fsp3) is 0.250. The van der Waals surface area contributed by atoms with Gasteiger partial charge in [-0.05, 0) is 29.6 Å². The number of halogens is 1. The Bertz CT molecular complexity index is 508. The molecule has 0 fully saturated rings. The minimum Gasteiger partial charge on any atom is -0.465 e. The third-order valence-corrected chi connectivity index (χ3v) is 2.49. The molecule has 0 spiro atoms. The molecule has 0 heterocycles. The van der Waals surface area contributed by atoms with Crippen LogP contribution >= 0.6 is 11.6 Å². The highest BCUT2D eigenvalue weighted by Gasteiger charge is 2.10. The lowest BCUT2D eigenvalue weighted by molar-refractivity contribution is 0.0601. The molecule has 5 nitrogen and oxygen atoms in total. The highest BCUT2D eigenvalue weighted by atomic mass is 35.5. The summed E-state index contributed by atoms with van der Waals surface area (Å²) in [7, 11) is 1.31. The van der Waals surface area contributed by atoms with Crippen LogP contribution in [0.1, 0.15) is 22.3 Å². The Hall–Kier alpha value is -1.97. The van der Waals surface area contributed by atoms with E-state index in [2.05, 4.69) is 14.8 Å². The van der Waals surface area contributed by atoms with E-state index in [1.807, 2.05) is 12.2 Å². The van der Waals surface area contributed by atoms with Crippen LogP contribution < -0.4 is 0 Å². The summed E-state index contributed by atoms with van der Waals surface area (Å²) in [6, 6.07) is 5.08. The SMILES string of the molecule is COC(=O)c1cc(C=CCCN=[N+]=[N-])ccc1Cl. The molecule has 1 aromatic carbocycles. The van der Waals surface area contributed by atoms with E-state index >= 15 is 0 Å². The lowest BCUT2D eigenvalue weighted by atomic mass is 10.1. The van der Waals surface area contributed by atoms with Crippen molar-refractivity contribution in [2.45, 2.75) is 6.42 Å². The van der Waals surface area contributed by atoms with E-state index in [1.165, 1.54) is 7.11 Å². The Morgan fingerprint density at radius 3 is 3.06 bits per heavy atom. The van der Waals surface area contributed by atoms with Crippen molar-refractivity contribution >= 4 is 23.6 Å². The van der Waals surface area contributed by atoms with Gasteiger partial charge in [-0.25, -0.2) is 4.79 Å². The van der Waals surface area contributed by atoms with E-state index in [4.69, 9.17) is 17.1 Å². The summed E-state index contributed by atoms with van der Waals surface area (Å²) < 4.78 is 4.63. The van der Waals surface area contributed by atoms with Crippen molar-refractivity contribution in [1.29, 1.82) is 0 Å². The number of hydrogen-bond donors (Lipinski definition) is 0. The molecule has 0 aliphatic rings. The largest absolute Gasteiger partial charge is 0.465 e. The Kier molecular flexibility index (Phi) is 5.77. The molecule has 0 aliphatic heterocycles. The second kappa shape index (κ2) is 7.37. The number of carbonyl (C=O) groups excluding carboxylic acids is 1. The van der Waals surface area contributed by atoms with E-state index in [1.54, 1.807) is 18.2 Å². The summed E-state index contributed by atoms with van der Waals surface area (Å²) in [5.74, 6) is -0.468. The smallest absolute Gasteiger partial charge is 0.339 e. The van der Waals surface area contributed by atoms with Crippen LogP contribution in [0.4, 0.5) is 0 Å². The van der Waals surface area contributed by atoms with Gasteiger partial charge in [0.1, 0.15) is 0 Å². The first-order chi connectivity index (χ1) is 8.69. The van der Waals surface area contributed by atoms with Gasteiger partial charge < -0.3 is 4.74 Å². The topological polar surface area (TPSA) is 75.1 Å². The zero-order valence-corrected chi connectivity index (χ0v) is 10.6. The summed E-state index contributed by atoms with van der Waals surface area (Å²) in [5, 5.41) is 3.76. The monoisotopic (exact) mass is 265 g/mol. The molecule has 0 aliphatic carbocycles. The quantitative estimate of drug-likeness (QED) is 0.267. The number of nitrogens with zero attached hydrogens (tertiary/aromatic N) is 3. The zero-order chi connectivity index (χ0) is 13.4. The van der Waals surface area contributed by atoms with Gasteiger partial charge in [0.2, 0.25) is 0 Å². The summed E-state index contributed by atoms with van der Waals surface area (Å²) in [6.07, 6.45) is 4.33. The van der Waals surface area contributed by atoms with Crippen LogP contribution in [-0.2, 0) is 4.74 Å². The van der Waals surface area contributed by atoms with Crippen LogP contribution in [0.5, 0.6) is 0 Å². The van der Waals surface area contributed by atoms with Crippen molar-refractivity contribution in [3.63, 3.8) is 0 Å². The first kappa shape index (κ1) is 14.1. The molecule has 0 saturated heterocycles. The molecular weight excluding hydrogens is 254 g/mol. The minimum absolute atomic E-state index is 0.330. The van der Waals surface area contributed by atoms with Crippen LogP contribution in [-0.4, -0.2) is 19.6 Å². The van der Waals surface area contributed by atoms with E-state index in [9.17, 15) is 4.79 Å². The third kappa shape index (κ3) is 4.13. The van der Waals surface area contributed by atoms with Gasteiger partial charge in [0, 0.05) is 11.5 Å². The van der Waals surface area contributed by atoms with Crippen molar-refractivity contribution in [3.05, 3.63) is 50.9 Å². The summed E-state index contributed by atoms with van der Waals surface area (Å²) in [5.41, 5.74) is 9.27. The van der Waals surface area contributed by atoms with Crippen molar-refractivity contribution in [1.82, 2.24) is 0 Å². The average molecular weight is 266 g/mol. The number of carbonyl (C=O) groups is 1. The molecule has 0 unspecified atom stereocenters. The molecule has 0 bridgehead atoms. The maximum atomic E-state index is 11.4.